The van der Waals surface area contributed by atoms with Gasteiger partial charge in [-0.25, -0.2) is 0 Å². The van der Waals surface area contributed by atoms with Crippen LogP contribution in [0.3, 0.4) is 0 Å². The van der Waals surface area contributed by atoms with Crippen LogP contribution in [0.2, 0.25) is 0 Å². The summed E-state index contributed by atoms with van der Waals surface area (Å²) in [6.07, 6.45) is 8.77. The highest BCUT2D eigenvalue weighted by atomic mass is 16.2. The highest BCUT2D eigenvalue weighted by Gasteiger charge is 2.24. The fourth-order valence-corrected chi connectivity index (χ4v) is 5.31. The van der Waals surface area contributed by atoms with Crippen molar-refractivity contribution in [3.05, 3.63) is 101 Å². The Labute approximate surface area is 211 Å². The standard InChI is InChI=1S/C32H40N2O/c1-24-15-16-28-17-18-29(23-30(28)22-24)26(3)34(21-19-25(2)31-13-7-8-20-33-31)32(35)14-9-12-27-10-5-4-6-11-27/h4-8,10-11,13,17-18,20,23-26H,9,12,14-16,19,21-22H2,1-3H3. The molecular formula is C32H40N2O. The minimum Gasteiger partial charge on any atom is -0.336 e. The van der Waals surface area contributed by atoms with Crippen LogP contribution >= 0.6 is 0 Å². The summed E-state index contributed by atoms with van der Waals surface area (Å²) >= 11 is 0. The summed E-state index contributed by atoms with van der Waals surface area (Å²) in [6.45, 7) is 7.51. The molecule has 3 heteroatoms. The summed E-state index contributed by atoms with van der Waals surface area (Å²) in [5.74, 6) is 1.31. The van der Waals surface area contributed by atoms with Gasteiger partial charge >= 0.3 is 0 Å². The van der Waals surface area contributed by atoms with E-state index in [1.165, 1.54) is 35.1 Å². The van der Waals surface area contributed by atoms with Crippen molar-refractivity contribution in [1.29, 1.82) is 0 Å². The van der Waals surface area contributed by atoms with E-state index in [1.807, 2.05) is 24.4 Å². The van der Waals surface area contributed by atoms with Crippen LogP contribution in [0, 0.1) is 5.92 Å². The van der Waals surface area contributed by atoms with Gasteiger partial charge in [0, 0.05) is 30.8 Å². The van der Waals surface area contributed by atoms with Gasteiger partial charge in [-0.05, 0) is 85.8 Å². The third-order valence-corrected chi connectivity index (χ3v) is 7.67. The molecular weight excluding hydrogens is 428 g/mol. The van der Waals surface area contributed by atoms with E-state index in [9.17, 15) is 4.79 Å². The molecule has 1 aliphatic rings. The lowest BCUT2D eigenvalue weighted by Crippen LogP contribution is -2.35. The van der Waals surface area contributed by atoms with Crippen LogP contribution in [0.25, 0.3) is 0 Å². The maximum Gasteiger partial charge on any atom is 0.223 e. The minimum atomic E-state index is 0.0673. The molecule has 3 atom stereocenters. The van der Waals surface area contributed by atoms with Crippen molar-refractivity contribution < 1.29 is 4.79 Å². The van der Waals surface area contributed by atoms with E-state index < -0.39 is 0 Å². The Bertz CT molecular complexity index is 1080. The molecule has 3 aromatic rings. The molecule has 1 aromatic heterocycles. The number of aromatic nitrogens is 1. The van der Waals surface area contributed by atoms with Crippen LogP contribution in [0.15, 0.2) is 72.9 Å². The summed E-state index contributed by atoms with van der Waals surface area (Å²) in [6, 6.07) is 23.6. The molecule has 0 saturated heterocycles. The Balaban J connectivity index is 1.47. The van der Waals surface area contributed by atoms with Crippen molar-refractivity contribution in [2.24, 2.45) is 5.92 Å². The van der Waals surface area contributed by atoms with E-state index in [2.05, 4.69) is 79.2 Å². The van der Waals surface area contributed by atoms with Crippen molar-refractivity contribution >= 4 is 5.91 Å². The lowest BCUT2D eigenvalue weighted by Gasteiger charge is -2.32. The first kappa shape index (κ1) is 25.2. The van der Waals surface area contributed by atoms with Gasteiger partial charge in [0.25, 0.3) is 0 Å². The predicted octanol–water partition coefficient (Wildman–Crippen LogP) is 7.31. The van der Waals surface area contributed by atoms with Crippen molar-refractivity contribution in [3.8, 4) is 0 Å². The lowest BCUT2D eigenvalue weighted by molar-refractivity contribution is -0.133. The largest absolute Gasteiger partial charge is 0.336 e. The number of carbonyl (C=O) groups excluding carboxylic acids is 1. The average molecular weight is 469 g/mol. The molecule has 1 aliphatic carbocycles. The molecule has 0 saturated carbocycles. The second-order valence-corrected chi connectivity index (χ2v) is 10.4. The summed E-state index contributed by atoms with van der Waals surface area (Å²) in [5, 5.41) is 0. The monoisotopic (exact) mass is 468 g/mol. The average Bonchev–Trinajstić information content (AvgIpc) is 2.89. The number of hydrogen-bond donors (Lipinski definition) is 0. The first-order valence-electron chi connectivity index (χ1n) is 13.4. The highest BCUT2D eigenvalue weighted by molar-refractivity contribution is 5.76. The molecule has 1 heterocycles. The first-order chi connectivity index (χ1) is 17.0. The first-order valence-corrected chi connectivity index (χ1v) is 13.4. The van der Waals surface area contributed by atoms with Gasteiger partial charge < -0.3 is 4.90 Å². The molecule has 0 aliphatic heterocycles. The summed E-state index contributed by atoms with van der Waals surface area (Å²) < 4.78 is 0. The second kappa shape index (κ2) is 12.2. The van der Waals surface area contributed by atoms with Crippen molar-refractivity contribution in [3.63, 3.8) is 0 Å². The highest BCUT2D eigenvalue weighted by Crippen LogP contribution is 2.31. The molecule has 3 nitrogen and oxygen atoms in total. The molecule has 4 rings (SSSR count). The zero-order valence-corrected chi connectivity index (χ0v) is 21.6. The van der Waals surface area contributed by atoms with Gasteiger partial charge in [0.05, 0.1) is 6.04 Å². The summed E-state index contributed by atoms with van der Waals surface area (Å²) in [7, 11) is 0. The Kier molecular flexibility index (Phi) is 8.74. The van der Waals surface area contributed by atoms with Gasteiger partial charge in [0.15, 0.2) is 0 Å². The fraction of sp³-hybridized carbons (Fsp3) is 0.438. The van der Waals surface area contributed by atoms with Gasteiger partial charge in [0.2, 0.25) is 5.91 Å². The van der Waals surface area contributed by atoms with Crippen LogP contribution < -0.4 is 0 Å². The number of carbonyl (C=O) groups is 1. The van der Waals surface area contributed by atoms with E-state index in [0.717, 1.165) is 43.8 Å². The van der Waals surface area contributed by atoms with Crippen molar-refractivity contribution in [2.75, 3.05) is 6.54 Å². The Morgan fingerprint density at radius 2 is 1.83 bits per heavy atom. The van der Waals surface area contributed by atoms with E-state index in [-0.39, 0.29) is 11.9 Å². The molecule has 35 heavy (non-hydrogen) atoms. The number of pyridine rings is 1. The molecule has 3 unspecified atom stereocenters. The lowest BCUT2D eigenvalue weighted by atomic mass is 9.83. The SMILES string of the molecule is CC1CCc2ccc(C(C)N(CCC(C)c3ccccn3)C(=O)CCCc3ccccc3)cc2C1. The zero-order chi connectivity index (χ0) is 24.6. The Morgan fingerprint density at radius 3 is 2.60 bits per heavy atom. The maximum atomic E-state index is 13.5. The number of rotatable bonds is 10. The molecule has 0 spiro atoms. The molecule has 184 valence electrons. The second-order valence-electron chi connectivity index (χ2n) is 10.4. The van der Waals surface area contributed by atoms with Gasteiger partial charge in [-0.1, -0.05) is 68.4 Å². The van der Waals surface area contributed by atoms with E-state index >= 15 is 0 Å². The molecule has 0 N–H and O–H groups in total. The zero-order valence-electron chi connectivity index (χ0n) is 21.6. The quantitative estimate of drug-likeness (QED) is 0.312. The van der Waals surface area contributed by atoms with Gasteiger partial charge in [-0.2, -0.15) is 0 Å². The molecule has 0 bridgehead atoms. The minimum absolute atomic E-state index is 0.0673. The number of amides is 1. The maximum absolute atomic E-state index is 13.5. The Morgan fingerprint density at radius 1 is 1.03 bits per heavy atom. The van der Waals surface area contributed by atoms with Crippen LogP contribution in [0.5, 0.6) is 0 Å². The van der Waals surface area contributed by atoms with Crippen LogP contribution in [0.4, 0.5) is 0 Å². The topological polar surface area (TPSA) is 33.2 Å². The van der Waals surface area contributed by atoms with E-state index in [0.29, 0.717) is 12.3 Å². The van der Waals surface area contributed by atoms with Crippen LogP contribution in [-0.2, 0) is 24.1 Å². The van der Waals surface area contributed by atoms with Crippen molar-refractivity contribution in [2.45, 2.75) is 77.7 Å². The normalized spacial score (nSPS) is 16.8. The number of benzene rings is 2. The third-order valence-electron chi connectivity index (χ3n) is 7.67. The van der Waals surface area contributed by atoms with E-state index in [1.54, 1.807) is 0 Å². The van der Waals surface area contributed by atoms with E-state index in [4.69, 9.17) is 0 Å². The summed E-state index contributed by atoms with van der Waals surface area (Å²) in [5.41, 5.74) is 6.63. The number of nitrogens with zero attached hydrogens (tertiary/aromatic N) is 2. The fourth-order valence-electron chi connectivity index (χ4n) is 5.31. The van der Waals surface area contributed by atoms with Gasteiger partial charge in [-0.3, -0.25) is 9.78 Å². The molecule has 0 radical (unpaired) electrons. The molecule has 2 aromatic carbocycles. The molecule has 1 amide bonds. The Hall–Kier alpha value is -2.94. The summed E-state index contributed by atoms with van der Waals surface area (Å²) in [4.78, 5) is 20.2. The third kappa shape index (κ3) is 6.81. The number of hydrogen-bond acceptors (Lipinski definition) is 2. The van der Waals surface area contributed by atoms with Crippen LogP contribution in [0.1, 0.15) is 86.4 Å². The molecule has 0 fully saturated rings. The predicted molar refractivity (Wildman–Crippen MR) is 144 cm³/mol. The smallest absolute Gasteiger partial charge is 0.223 e. The van der Waals surface area contributed by atoms with Gasteiger partial charge in [0.1, 0.15) is 0 Å². The number of fused-ring (bicyclic) bond motifs is 1. The van der Waals surface area contributed by atoms with Gasteiger partial charge in [-0.15, -0.1) is 0 Å². The van der Waals surface area contributed by atoms with Crippen molar-refractivity contribution in [1.82, 2.24) is 9.88 Å². The van der Waals surface area contributed by atoms with Crippen LogP contribution in [-0.4, -0.2) is 22.3 Å². The number of aryl methyl sites for hydroxylation is 2.